The van der Waals surface area contributed by atoms with E-state index in [0.29, 0.717) is 16.2 Å². The fourth-order valence-corrected chi connectivity index (χ4v) is 2.83. The predicted molar refractivity (Wildman–Crippen MR) is 91.8 cm³/mol. The van der Waals surface area contributed by atoms with Gasteiger partial charge in [-0.05, 0) is 31.5 Å². The molecular weight excluding hydrogens is 326 g/mol. The summed E-state index contributed by atoms with van der Waals surface area (Å²) in [5, 5.41) is 3.77. The number of urea groups is 1. The second kappa shape index (κ2) is 6.76. The molecule has 0 fully saturated rings. The minimum atomic E-state index is -0.630. The van der Waals surface area contributed by atoms with Gasteiger partial charge in [0.15, 0.2) is 5.76 Å². The van der Waals surface area contributed by atoms with Crippen LogP contribution in [-0.4, -0.2) is 16.9 Å². The van der Waals surface area contributed by atoms with Crippen LogP contribution in [0.15, 0.2) is 52.0 Å². The Labute approximate surface area is 142 Å². The average Bonchev–Trinajstić information content (AvgIpc) is 2.92. The van der Waals surface area contributed by atoms with Crippen LogP contribution in [0.3, 0.4) is 0 Å². The lowest BCUT2D eigenvalue weighted by Gasteiger charge is -2.06. The highest BCUT2D eigenvalue weighted by Gasteiger charge is 2.19. The SMILES string of the molecule is Cc1cccnc1SNC(=O)NC(=O)c1oc2ccccc2c1C. The van der Waals surface area contributed by atoms with E-state index in [1.165, 1.54) is 0 Å². The molecule has 2 N–H and O–H groups in total. The van der Waals surface area contributed by atoms with Gasteiger partial charge in [-0.1, -0.05) is 24.3 Å². The number of rotatable bonds is 3. The lowest BCUT2D eigenvalue weighted by atomic mass is 10.1. The van der Waals surface area contributed by atoms with Gasteiger partial charge < -0.3 is 4.42 Å². The van der Waals surface area contributed by atoms with Crippen LogP contribution < -0.4 is 10.0 Å². The Morgan fingerprint density at radius 3 is 2.67 bits per heavy atom. The molecule has 6 nitrogen and oxygen atoms in total. The average molecular weight is 341 g/mol. The molecule has 122 valence electrons. The zero-order chi connectivity index (χ0) is 17.1. The van der Waals surface area contributed by atoms with E-state index < -0.39 is 11.9 Å². The molecular formula is C17H15N3O3S. The van der Waals surface area contributed by atoms with E-state index in [9.17, 15) is 9.59 Å². The number of carbonyl (C=O) groups excluding carboxylic acids is 2. The van der Waals surface area contributed by atoms with Gasteiger partial charge in [-0.2, -0.15) is 0 Å². The molecule has 7 heteroatoms. The number of imide groups is 1. The molecule has 0 radical (unpaired) electrons. The molecule has 1 aromatic carbocycles. The van der Waals surface area contributed by atoms with Crippen molar-refractivity contribution in [1.29, 1.82) is 0 Å². The molecule has 3 rings (SSSR count). The predicted octanol–water partition coefficient (Wildman–Crippen LogP) is 3.59. The highest BCUT2D eigenvalue weighted by atomic mass is 32.2. The number of aryl methyl sites for hydroxylation is 2. The quantitative estimate of drug-likeness (QED) is 0.711. The molecule has 2 heterocycles. The van der Waals surface area contributed by atoms with Gasteiger partial charge >= 0.3 is 6.03 Å². The number of furan rings is 1. The molecule has 2 aromatic heterocycles. The molecule has 0 atom stereocenters. The number of pyridine rings is 1. The molecule has 0 aliphatic heterocycles. The van der Waals surface area contributed by atoms with Crippen LogP contribution >= 0.6 is 11.9 Å². The van der Waals surface area contributed by atoms with Crippen molar-refractivity contribution in [2.24, 2.45) is 0 Å². The van der Waals surface area contributed by atoms with Crippen molar-refractivity contribution in [2.45, 2.75) is 18.9 Å². The van der Waals surface area contributed by atoms with Crippen molar-refractivity contribution in [3.05, 3.63) is 59.5 Å². The number of hydrogen-bond donors (Lipinski definition) is 2. The Bertz CT molecular complexity index is 920. The number of nitrogens with zero attached hydrogens (tertiary/aromatic N) is 1. The standard InChI is InChI=1S/C17H15N3O3S/c1-10-6-5-9-18-16(10)24-20-17(22)19-15(21)14-11(2)12-7-3-4-8-13(12)23-14/h3-9H,1-2H3,(H2,19,20,21,22). The van der Waals surface area contributed by atoms with Gasteiger partial charge in [0, 0.05) is 29.1 Å². The number of hydrogen-bond acceptors (Lipinski definition) is 5. The summed E-state index contributed by atoms with van der Waals surface area (Å²) in [7, 11) is 0. The maximum Gasteiger partial charge on any atom is 0.332 e. The summed E-state index contributed by atoms with van der Waals surface area (Å²) in [6.45, 7) is 3.67. The van der Waals surface area contributed by atoms with Crippen molar-refractivity contribution < 1.29 is 14.0 Å². The van der Waals surface area contributed by atoms with Gasteiger partial charge in [0.25, 0.3) is 5.91 Å². The third-order valence-electron chi connectivity index (χ3n) is 3.48. The van der Waals surface area contributed by atoms with Gasteiger partial charge in [-0.15, -0.1) is 0 Å². The number of carbonyl (C=O) groups is 2. The van der Waals surface area contributed by atoms with E-state index >= 15 is 0 Å². The maximum absolute atomic E-state index is 12.2. The number of para-hydroxylation sites is 1. The highest BCUT2D eigenvalue weighted by Crippen LogP contribution is 2.24. The van der Waals surface area contributed by atoms with E-state index in [2.05, 4.69) is 15.0 Å². The molecule has 0 saturated heterocycles. The summed E-state index contributed by atoms with van der Waals surface area (Å²) < 4.78 is 8.07. The first-order valence-corrected chi connectivity index (χ1v) is 8.06. The third-order valence-corrected chi connectivity index (χ3v) is 4.39. The van der Waals surface area contributed by atoms with Crippen LogP contribution in [0.4, 0.5) is 4.79 Å². The summed E-state index contributed by atoms with van der Waals surface area (Å²) in [6.07, 6.45) is 1.64. The first kappa shape index (κ1) is 16.1. The van der Waals surface area contributed by atoms with Crippen LogP contribution in [0, 0.1) is 13.8 Å². The van der Waals surface area contributed by atoms with Crippen LogP contribution in [0.5, 0.6) is 0 Å². The second-order valence-electron chi connectivity index (χ2n) is 5.17. The van der Waals surface area contributed by atoms with Crippen molar-refractivity contribution >= 4 is 34.9 Å². The van der Waals surface area contributed by atoms with Gasteiger partial charge in [0.05, 0.1) is 0 Å². The molecule has 24 heavy (non-hydrogen) atoms. The molecule has 0 unspecified atom stereocenters. The number of nitrogens with one attached hydrogen (secondary N) is 2. The van der Waals surface area contributed by atoms with Crippen LogP contribution in [0.1, 0.15) is 21.7 Å². The molecule has 0 bridgehead atoms. The Hall–Kier alpha value is -2.80. The van der Waals surface area contributed by atoms with E-state index in [0.717, 1.165) is 22.9 Å². The van der Waals surface area contributed by atoms with Gasteiger partial charge in [-0.3, -0.25) is 14.8 Å². The maximum atomic E-state index is 12.2. The summed E-state index contributed by atoms with van der Waals surface area (Å²) in [5.41, 5.74) is 2.24. The zero-order valence-corrected chi connectivity index (χ0v) is 13.9. The number of aromatic nitrogens is 1. The fourth-order valence-electron chi connectivity index (χ4n) is 2.25. The van der Waals surface area contributed by atoms with E-state index in [1.54, 1.807) is 19.2 Å². The Balaban J connectivity index is 1.66. The summed E-state index contributed by atoms with van der Waals surface area (Å²) in [4.78, 5) is 28.3. The largest absolute Gasteiger partial charge is 0.451 e. The summed E-state index contributed by atoms with van der Waals surface area (Å²) >= 11 is 1.05. The molecule has 0 saturated carbocycles. The normalized spacial score (nSPS) is 10.6. The van der Waals surface area contributed by atoms with E-state index in [4.69, 9.17) is 4.42 Å². The van der Waals surface area contributed by atoms with Crippen molar-refractivity contribution in [3.63, 3.8) is 0 Å². The lowest BCUT2D eigenvalue weighted by molar-refractivity contribution is 0.0939. The fraction of sp³-hybridized carbons (Fsp3) is 0.118. The van der Waals surface area contributed by atoms with Crippen LogP contribution in [-0.2, 0) is 0 Å². The number of benzene rings is 1. The Morgan fingerprint density at radius 1 is 1.12 bits per heavy atom. The Morgan fingerprint density at radius 2 is 1.92 bits per heavy atom. The van der Waals surface area contributed by atoms with Gasteiger partial charge in [-0.25, -0.2) is 9.78 Å². The minimum Gasteiger partial charge on any atom is -0.451 e. The minimum absolute atomic E-state index is 0.130. The molecule has 0 aliphatic rings. The summed E-state index contributed by atoms with van der Waals surface area (Å²) in [6, 6.07) is 10.4. The van der Waals surface area contributed by atoms with Crippen molar-refractivity contribution in [1.82, 2.24) is 15.0 Å². The molecule has 3 aromatic rings. The van der Waals surface area contributed by atoms with Crippen molar-refractivity contribution in [3.8, 4) is 0 Å². The molecule has 0 spiro atoms. The first-order valence-electron chi connectivity index (χ1n) is 7.24. The van der Waals surface area contributed by atoms with Crippen molar-refractivity contribution in [2.75, 3.05) is 0 Å². The van der Waals surface area contributed by atoms with Gasteiger partial charge in [0.1, 0.15) is 10.6 Å². The smallest absolute Gasteiger partial charge is 0.332 e. The topological polar surface area (TPSA) is 84.2 Å². The lowest BCUT2D eigenvalue weighted by Crippen LogP contribution is -2.36. The number of fused-ring (bicyclic) bond motifs is 1. The number of amides is 3. The monoisotopic (exact) mass is 341 g/mol. The van der Waals surface area contributed by atoms with E-state index in [-0.39, 0.29) is 5.76 Å². The van der Waals surface area contributed by atoms with Gasteiger partial charge in [0.2, 0.25) is 0 Å². The third kappa shape index (κ3) is 3.26. The van der Waals surface area contributed by atoms with Crippen LogP contribution in [0.25, 0.3) is 11.0 Å². The Kier molecular flexibility index (Phi) is 4.52. The van der Waals surface area contributed by atoms with E-state index in [1.807, 2.05) is 37.3 Å². The molecule has 3 amide bonds. The van der Waals surface area contributed by atoms with Crippen LogP contribution in [0.2, 0.25) is 0 Å². The summed E-state index contributed by atoms with van der Waals surface area (Å²) in [5.74, 6) is -0.454. The highest BCUT2D eigenvalue weighted by molar-refractivity contribution is 7.97. The molecule has 0 aliphatic carbocycles. The zero-order valence-electron chi connectivity index (χ0n) is 13.1. The second-order valence-corrected chi connectivity index (χ2v) is 5.96. The first-order chi connectivity index (χ1) is 11.6.